The molecule has 1 aromatic heterocycles. The lowest BCUT2D eigenvalue weighted by Gasteiger charge is -2.35. The fourth-order valence-corrected chi connectivity index (χ4v) is 3.86. The molecule has 3 atom stereocenters. The van der Waals surface area contributed by atoms with Crippen molar-refractivity contribution >= 4 is 0 Å². The summed E-state index contributed by atoms with van der Waals surface area (Å²) >= 11 is 0. The van der Waals surface area contributed by atoms with Crippen LogP contribution in [-0.4, -0.2) is 47.7 Å². The quantitative estimate of drug-likeness (QED) is 0.868. The van der Waals surface area contributed by atoms with E-state index in [2.05, 4.69) is 10.3 Å². The summed E-state index contributed by atoms with van der Waals surface area (Å²) in [7, 11) is 0. The van der Waals surface area contributed by atoms with E-state index >= 15 is 0 Å². The molecule has 2 saturated heterocycles. The largest absolute Gasteiger partial charge is 0.396 e. The second-order valence-electron chi connectivity index (χ2n) is 6.74. The predicted octanol–water partition coefficient (Wildman–Crippen LogP) is 2.12. The van der Waals surface area contributed by atoms with E-state index < -0.39 is 36.3 Å². The predicted molar refractivity (Wildman–Crippen MR) is 82.6 cm³/mol. The van der Waals surface area contributed by atoms with Crippen LogP contribution >= 0.6 is 0 Å². The summed E-state index contributed by atoms with van der Waals surface area (Å²) < 4.78 is 46.2. The van der Waals surface area contributed by atoms with Gasteiger partial charge in [-0.05, 0) is 44.5 Å². The molecule has 2 unspecified atom stereocenters. The summed E-state index contributed by atoms with van der Waals surface area (Å²) in [6.45, 7) is 0.362. The molecule has 0 radical (unpaired) electrons. The Bertz CT molecular complexity index is 636. The number of hydrogen-bond acceptors (Lipinski definition) is 5. The van der Waals surface area contributed by atoms with E-state index in [4.69, 9.17) is 10.00 Å². The minimum atomic E-state index is -4.55. The van der Waals surface area contributed by atoms with Gasteiger partial charge in [0.05, 0.1) is 23.9 Å². The van der Waals surface area contributed by atoms with Gasteiger partial charge >= 0.3 is 6.18 Å². The fraction of sp³-hybridized carbons (Fsp3) is 0.647. The maximum atomic E-state index is 13.4. The average molecular weight is 355 g/mol. The molecule has 2 N–H and O–H groups in total. The van der Waals surface area contributed by atoms with E-state index in [9.17, 15) is 18.3 Å². The topological polar surface area (TPSA) is 78.2 Å². The Hall–Kier alpha value is -1.69. The van der Waals surface area contributed by atoms with Gasteiger partial charge in [-0.2, -0.15) is 18.4 Å². The molecule has 0 aliphatic carbocycles. The van der Waals surface area contributed by atoms with Gasteiger partial charge in [0.25, 0.3) is 0 Å². The highest BCUT2D eigenvalue weighted by molar-refractivity contribution is 5.28. The maximum Gasteiger partial charge on any atom is 0.396 e. The molecule has 1 spiro atoms. The molecular weight excluding hydrogens is 335 g/mol. The fourth-order valence-electron chi connectivity index (χ4n) is 3.86. The van der Waals surface area contributed by atoms with Crippen molar-refractivity contribution in [2.45, 2.75) is 43.1 Å². The van der Waals surface area contributed by atoms with Crippen LogP contribution in [0.2, 0.25) is 0 Å². The van der Waals surface area contributed by atoms with Crippen LogP contribution in [0.3, 0.4) is 0 Å². The third kappa shape index (κ3) is 3.64. The van der Waals surface area contributed by atoms with Crippen molar-refractivity contribution in [3.63, 3.8) is 0 Å². The van der Waals surface area contributed by atoms with Crippen LogP contribution in [0.4, 0.5) is 13.2 Å². The zero-order valence-electron chi connectivity index (χ0n) is 13.6. The number of aliphatic hydroxyl groups excluding tert-OH is 1. The molecule has 0 saturated carbocycles. The molecule has 5 nitrogen and oxygen atoms in total. The molecule has 3 rings (SSSR count). The van der Waals surface area contributed by atoms with Crippen molar-refractivity contribution in [1.29, 1.82) is 5.26 Å². The number of piperidine rings is 1. The van der Waals surface area contributed by atoms with Gasteiger partial charge < -0.3 is 15.2 Å². The number of nitrogens with zero attached hydrogens (tertiary/aromatic N) is 2. The molecular formula is C17H20F3N3O2. The van der Waals surface area contributed by atoms with Gasteiger partial charge in [-0.25, -0.2) is 0 Å². The Morgan fingerprint density at radius 3 is 2.64 bits per heavy atom. The van der Waals surface area contributed by atoms with Crippen molar-refractivity contribution in [1.82, 2.24) is 10.3 Å². The Morgan fingerprint density at radius 2 is 2.12 bits per heavy atom. The number of rotatable bonds is 3. The molecule has 3 heterocycles. The molecule has 136 valence electrons. The van der Waals surface area contributed by atoms with Gasteiger partial charge in [-0.15, -0.1) is 0 Å². The summed E-state index contributed by atoms with van der Waals surface area (Å²) in [5.74, 6) is -2.52. The van der Waals surface area contributed by atoms with Crippen LogP contribution in [0.1, 0.15) is 36.4 Å². The van der Waals surface area contributed by atoms with Crippen LogP contribution < -0.4 is 5.32 Å². The van der Waals surface area contributed by atoms with Gasteiger partial charge in [0.15, 0.2) is 0 Å². The van der Waals surface area contributed by atoms with E-state index in [1.54, 1.807) is 12.1 Å². The number of aromatic nitrogens is 1. The SMILES string of the molecule is N#Cc1ccc(C2CC3(CCNCC3)O[C@H]2C(CO)C(F)(F)F)nc1. The van der Waals surface area contributed by atoms with Crippen molar-refractivity contribution in [2.75, 3.05) is 19.7 Å². The van der Waals surface area contributed by atoms with Gasteiger partial charge in [0.2, 0.25) is 0 Å². The second kappa shape index (κ2) is 6.90. The summed E-state index contributed by atoms with van der Waals surface area (Å²) in [5.41, 5.74) is 0.210. The van der Waals surface area contributed by atoms with Crippen LogP contribution in [0.5, 0.6) is 0 Å². The van der Waals surface area contributed by atoms with E-state index in [1.807, 2.05) is 6.07 Å². The average Bonchev–Trinajstić information content (AvgIpc) is 2.93. The van der Waals surface area contributed by atoms with Gasteiger partial charge in [0.1, 0.15) is 12.0 Å². The lowest BCUT2D eigenvalue weighted by Crippen LogP contribution is -2.44. The van der Waals surface area contributed by atoms with Crippen LogP contribution in [0.25, 0.3) is 0 Å². The number of nitrogens with one attached hydrogen (secondary N) is 1. The highest BCUT2D eigenvalue weighted by Gasteiger charge is 2.56. The Morgan fingerprint density at radius 1 is 1.40 bits per heavy atom. The van der Waals surface area contributed by atoms with E-state index in [-0.39, 0.29) is 0 Å². The Labute approximate surface area is 143 Å². The summed E-state index contributed by atoms with van der Waals surface area (Å²) in [6.07, 6.45) is -2.67. The first kappa shape index (κ1) is 18.1. The molecule has 25 heavy (non-hydrogen) atoms. The van der Waals surface area contributed by atoms with E-state index in [0.29, 0.717) is 43.6 Å². The number of pyridine rings is 1. The van der Waals surface area contributed by atoms with Crippen molar-refractivity contribution < 1.29 is 23.0 Å². The number of nitriles is 1. The van der Waals surface area contributed by atoms with Gasteiger partial charge in [0, 0.05) is 17.8 Å². The smallest absolute Gasteiger partial charge is 0.396 e. The zero-order valence-corrected chi connectivity index (χ0v) is 13.6. The number of ether oxygens (including phenoxy) is 1. The summed E-state index contributed by atoms with van der Waals surface area (Å²) in [5, 5.41) is 21.4. The highest BCUT2D eigenvalue weighted by atomic mass is 19.4. The minimum Gasteiger partial charge on any atom is -0.396 e. The lowest BCUT2D eigenvalue weighted by atomic mass is 9.81. The second-order valence-corrected chi connectivity index (χ2v) is 6.74. The number of aliphatic hydroxyl groups is 1. The summed E-state index contributed by atoms with van der Waals surface area (Å²) in [6, 6.07) is 5.09. The number of hydrogen-bond donors (Lipinski definition) is 2. The standard InChI is InChI=1S/C17H20F3N3O2/c18-17(19,20)13(10-24)15-12(14-2-1-11(8-21)9-23-14)7-16(25-15)3-5-22-6-4-16/h1-2,9,12-13,15,22,24H,3-7,10H2/t12?,13?,15-/m1/s1. The third-order valence-corrected chi connectivity index (χ3v) is 5.20. The summed E-state index contributed by atoms with van der Waals surface area (Å²) in [4.78, 5) is 4.19. The molecule has 2 fully saturated rings. The lowest BCUT2D eigenvalue weighted by molar-refractivity contribution is -0.224. The van der Waals surface area contributed by atoms with Crippen molar-refractivity contribution in [3.05, 3.63) is 29.6 Å². The van der Waals surface area contributed by atoms with E-state index in [1.165, 1.54) is 6.20 Å². The minimum absolute atomic E-state index is 0.352. The van der Waals surface area contributed by atoms with Crippen molar-refractivity contribution in [3.8, 4) is 6.07 Å². The molecule has 0 bridgehead atoms. The Kier molecular flexibility index (Phi) is 5.00. The molecule has 2 aliphatic heterocycles. The van der Waals surface area contributed by atoms with Crippen LogP contribution in [0, 0.1) is 17.2 Å². The molecule has 0 aromatic carbocycles. The van der Waals surface area contributed by atoms with Crippen LogP contribution in [0.15, 0.2) is 18.3 Å². The Balaban J connectivity index is 1.94. The van der Waals surface area contributed by atoms with Gasteiger partial charge in [-0.1, -0.05) is 0 Å². The molecule has 0 amide bonds. The molecule has 8 heteroatoms. The van der Waals surface area contributed by atoms with E-state index in [0.717, 1.165) is 0 Å². The normalized spacial score (nSPS) is 27.2. The van der Waals surface area contributed by atoms with Crippen molar-refractivity contribution in [2.24, 2.45) is 5.92 Å². The highest BCUT2D eigenvalue weighted by Crippen LogP contribution is 2.50. The molecule has 1 aromatic rings. The van der Waals surface area contributed by atoms with Gasteiger partial charge in [-0.3, -0.25) is 4.98 Å². The zero-order chi connectivity index (χ0) is 18.1. The first-order valence-electron chi connectivity index (χ1n) is 8.31. The van der Waals surface area contributed by atoms with Crippen LogP contribution in [-0.2, 0) is 4.74 Å². The number of halogens is 3. The first-order chi connectivity index (χ1) is 11.9. The third-order valence-electron chi connectivity index (χ3n) is 5.20. The monoisotopic (exact) mass is 355 g/mol. The maximum absolute atomic E-state index is 13.4. The molecule has 2 aliphatic rings. The first-order valence-corrected chi connectivity index (χ1v) is 8.31. The number of alkyl halides is 3.